The van der Waals surface area contributed by atoms with Gasteiger partial charge in [0.05, 0.1) is 12.0 Å². The molecule has 0 unspecified atom stereocenters. The summed E-state index contributed by atoms with van der Waals surface area (Å²) in [6.45, 7) is 7.10. The predicted octanol–water partition coefficient (Wildman–Crippen LogP) is 1.84. The maximum Gasteiger partial charge on any atom is 0.0949 e. The predicted molar refractivity (Wildman–Crippen MR) is 67.2 cm³/mol. The number of rotatable bonds is 7. The summed E-state index contributed by atoms with van der Waals surface area (Å²) in [4.78, 5) is 4.37. The van der Waals surface area contributed by atoms with Crippen LogP contribution in [0.1, 0.15) is 32.4 Å². The van der Waals surface area contributed by atoms with Gasteiger partial charge >= 0.3 is 0 Å². The molecule has 0 saturated carbocycles. The Morgan fingerprint density at radius 1 is 1.44 bits per heavy atom. The van der Waals surface area contributed by atoms with Crippen molar-refractivity contribution < 1.29 is 0 Å². The van der Waals surface area contributed by atoms with Crippen molar-refractivity contribution in [1.29, 1.82) is 0 Å². The van der Waals surface area contributed by atoms with E-state index < -0.39 is 0 Å². The van der Waals surface area contributed by atoms with Gasteiger partial charge in [-0.1, -0.05) is 6.92 Å². The van der Waals surface area contributed by atoms with E-state index in [2.05, 4.69) is 39.8 Å². The van der Waals surface area contributed by atoms with Gasteiger partial charge in [0.15, 0.2) is 0 Å². The topological polar surface area (TPSA) is 29.9 Å². The Kier molecular flexibility index (Phi) is 6.36. The van der Waals surface area contributed by atoms with Crippen LogP contribution >= 0.6 is 0 Å². The zero-order valence-corrected chi connectivity index (χ0v) is 10.3. The van der Waals surface area contributed by atoms with Crippen LogP contribution in [0.4, 0.5) is 0 Å². The molecule has 1 rings (SSSR count). The number of nitrogens with one attached hydrogen (secondary N) is 1. The van der Waals surface area contributed by atoms with E-state index in [0.717, 1.165) is 38.2 Å². The highest BCUT2D eigenvalue weighted by atomic mass is 15.0. The summed E-state index contributed by atoms with van der Waals surface area (Å²) >= 11 is 0. The summed E-state index contributed by atoms with van der Waals surface area (Å²) in [6, 6.07) is 0. The first-order valence-corrected chi connectivity index (χ1v) is 5.97. The maximum atomic E-state index is 4.37. The van der Waals surface area contributed by atoms with Gasteiger partial charge < -0.3 is 9.88 Å². The van der Waals surface area contributed by atoms with Gasteiger partial charge in [0.1, 0.15) is 0 Å². The average molecular weight is 219 g/mol. The summed E-state index contributed by atoms with van der Waals surface area (Å²) in [7, 11) is 0. The molecule has 0 aliphatic carbocycles. The summed E-state index contributed by atoms with van der Waals surface area (Å²) < 4.78 is 2.11. The van der Waals surface area contributed by atoms with Crippen LogP contribution < -0.4 is 5.32 Å². The number of nitrogens with zero attached hydrogens (tertiary/aromatic N) is 2. The Hall–Kier alpha value is -1.27. The number of imidazole rings is 1. The largest absolute Gasteiger partial charge is 0.336 e. The molecule has 0 aromatic carbocycles. The Morgan fingerprint density at radius 2 is 2.31 bits per heavy atom. The Labute approximate surface area is 98.3 Å². The number of hydrogen-bond acceptors (Lipinski definition) is 2. The molecule has 3 nitrogen and oxygen atoms in total. The third-order valence-corrected chi connectivity index (χ3v) is 2.34. The molecule has 0 aliphatic heterocycles. The Bertz CT molecular complexity index is 344. The first-order chi connectivity index (χ1) is 7.86. The van der Waals surface area contributed by atoms with E-state index in [1.54, 1.807) is 0 Å². The average Bonchev–Trinajstić information content (AvgIpc) is 2.73. The highest BCUT2D eigenvalue weighted by Gasteiger charge is 1.97. The second-order valence-electron chi connectivity index (χ2n) is 3.78. The SMILES string of the molecule is CC#CCCn1cnc(CCNCCC)c1. The zero-order valence-electron chi connectivity index (χ0n) is 10.3. The van der Waals surface area contributed by atoms with E-state index in [1.165, 1.54) is 6.42 Å². The molecule has 3 heteroatoms. The second kappa shape index (κ2) is 7.95. The van der Waals surface area contributed by atoms with Crippen LogP contribution in [0.25, 0.3) is 0 Å². The Balaban J connectivity index is 2.24. The number of aryl methyl sites for hydroxylation is 1. The lowest BCUT2D eigenvalue weighted by molar-refractivity contribution is 0.665. The van der Waals surface area contributed by atoms with Crippen molar-refractivity contribution in [3.05, 3.63) is 18.2 Å². The van der Waals surface area contributed by atoms with Gasteiger partial charge in [0.25, 0.3) is 0 Å². The first kappa shape index (κ1) is 12.8. The van der Waals surface area contributed by atoms with Crippen molar-refractivity contribution in [2.75, 3.05) is 13.1 Å². The molecular weight excluding hydrogens is 198 g/mol. The minimum absolute atomic E-state index is 0.903. The van der Waals surface area contributed by atoms with Crippen molar-refractivity contribution in [3.63, 3.8) is 0 Å². The molecule has 0 atom stereocenters. The molecule has 1 aromatic heterocycles. The molecule has 0 saturated heterocycles. The summed E-state index contributed by atoms with van der Waals surface area (Å²) in [5.41, 5.74) is 1.16. The first-order valence-electron chi connectivity index (χ1n) is 5.97. The smallest absolute Gasteiger partial charge is 0.0949 e. The second-order valence-corrected chi connectivity index (χ2v) is 3.78. The van der Waals surface area contributed by atoms with E-state index in [1.807, 2.05) is 13.3 Å². The third-order valence-electron chi connectivity index (χ3n) is 2.34. The quantitative estimate of drug-likeness (QED) is 0.560. The molecule has 0 bridgehead atoms. The molecule has 1 N–H and O–H groups in total. The maximum absolute atomic E-state index is 4.37. The monoisotopic (exact) mass is 219 g/mol. The van der Waals surface area contributed by atoms with Crippen molar-refractivity contribution in [2.45, 2.75) is 39.7 Å². The van der Waals surface area contributed by atoms with Crippen LogP contribution in [0.15, 0.2) is 12.5 Å². The normalized spacial score (nSPS) is 9.88. The van der Waals surface area contributed by atoms with Gasteiger partial charge in [-0.2, -0.15) is 0 Å². The summed E-state index contributed by atoms with van der Waals surface area (Å²) in [6.07, 6.45) is 7.11. The van der Waals surface area contributed by atoms with Crippen LogP contribution in [0.2, 0.25) is 0 Å². The molecule has 0 aliphatic rings. The minimum Gasteiger partial charge on any atom is -0.336 e. The van der Waals surface area contributed by atoms with Crippen LogP contribution in [0.3, 0.4) is 0 Å². The fourth-order valence-corrected chi connectivity index (χ4v) is 1.49. The molecule has 1 heterocycles. The summed E-state index contributed by atoms with van der Waals surface area (Å²) in [5.74, 6) is 5.95. The van der Waals surface area contributed by atoms with Crippen molar-refractivity contribution >= 4 is 0 Å². The van der Waals surface area contributed by atoms with Crippen LogP contribution in [0, 0.1) is 11.8 Å². The lowest BCUT2D eigenvalue weighted by atomic mass is 10.3. The summed E-state index contributed by atoms with van der Waals surface area (Å²) in [5, 5.41) is 3.37. The molecular formula is C13H21N3. The fraction of sp³-hybridized carbons (Fsp3) is 0.615. The van der Waals surface area contributed by atoms with E-state index >= 15 is 0 Å². The van der Waals surface area contributed by atoms with Gasteiger partial charge in [-0.25, -0.2) is 4.98 Å². The van der Waals surface area contributed by atoms with Crippen molar-refractivity contribution in [3.8, 4) is 11.8 Å². The van der Waals surface area contributed by atoms with E-state index in [0.29, 0.717) is 0 Å². The molecule has 0 radical (unpaired) electrons. The number of hydrogen-bond donors (Lipinski definition) is 1. The molecule has 88 valence electrons. The van der Waals surface area contributed by atoms with Crippen molar-refractivity contribution in [2.24, 2.45) is 0 Å². The van der Waals surface area contributed by atoms with Crippen molar-refractivity contribution in [1.82, 2.24) is 14.9 Å². The van der Waals surface area contributed by atoms with E-state index in [9.17, 15) is 0 Å². The standard InChI is InChI=1S/C13H21N3/c1-3-5-6-10-16-11-13(15-12-16)7-9-14-8-4-2/h11-12,14H,4,6-10H2,1-2H3. The number of aromatic nitrogens is 2. The molecule has 16 heavy (non-hydrogen) atoms. The minimum atomic E-state index is 0.903. The fourth-order valence-electron chi connectivity index (χ4n) is 1.49. The molecule has 1 aromatic rings. The van der Waals surface area contributed by atoms with Crippen LogP contribution in [0.5, 0.6) is 0 Å². The van der Waals surface area contributed by atoms with Gasteiger partial charge in [-0.05, 0) is 19.9 Å². The van der Waals surface area contributed by atoms with E-state index in [-0.39, 0.29) is 0 Å². The van der Waals surface area contributed by atoms with Gasteiger partial charge in [0, 0.05) is 32.1 Å². The molecule has 0 spiro atoms. The van der Waals surface area contributed by atoms with Crippen LogP contribution in [-0.2, 0) is 13.0 Å². The lowest BCUT2D eigenvalue weighted by Gasteiger charge is -1.99. The highest BCUT2D eigenvalue weighted by Crippen LogP contribution is 1.98. The molecule has 0 amide bonds. The highest BCUT2D eigenvalue weighted by molar-refractivity contribution is 4.99. The van der Waals surface area contributed by atoms with Gasteiger partial charge in [-0.15, -0.1) is 11.8 Å². The zero-order chi connectivity index (χ0) is 11.6. The van der Waals surface area contributed by atoms with Crippen LogP contribution in [-0.4, -0.2) is 22.6 Å². The van der Waals surface area contributed by atoms with E-state index in [4.69, 9.17) is 0 Å². The Morgan fingerprint density at radius 3 is 3.06 bits per heavy atom. The molecule has 0 fully saturated rings. The van der Waals surface area contributed by atoms with Gasteiger partial charge in [-0.3, -0.25) is 0 Å². The van der Waals surface area contributed by atoms with Gasteiger partial charge in [0.2, 0.25) is 0 Å². The third kappa shape index (κ3) is 4.99. The lowest BCUT2D eigenvalue weighted by Crippen LogP contribution is -2.17.